The van der Waals surface area contributed by atoms with Crippen LogP contribution >= 0.6 is 0 Å². The van der Waals surface area contributed by atoms with Crippen LogP contribution in [-0.4, -0.2) is 13.1 Å². The highest BCUT2D eigenvalue weighted by Gasteiger charge is 2.36. The van der Waals surface area contributed by atoms with Crippen molar-refractivity contribution in [2.75, 3.05) is 13.1 Å². The standard InChI is InChI=1S/C15H25N/c1-3-15(10-7-11-16-13-15)12-14(2)8-5-4-6-9-14/h4-6,8,16H,3,7,9-13H2,1-2H3. The van der Waals surface area contributed by atoms with Gasteiger partial charge < -0.3 is 5.32 Å². The minimum absolute atomic E-state index is 0.393. The molecule has 0 aromatic carbocycles. The van der Waals surface area contributed by atoms with E-state index in [1.54, 1.807) is 0 Å². The van der Waals surface area contributed by atoms with Crippen molar-refractivity contribution in [2.24, 2.45) is 10.8 Å². The molecule has 2 aliphatic rings. The minimum atomic E-state index is 0.393. The summed E-state index contributed by atoms with van der Waals surface area (Å²) in [6.45, 7) is 7.21. The van der Waals surface area contributed by atoms with E-state index in [-0.39, 0.29) is 0 Å². The van der Waals surface area contributed by atoms with E-state index in [9.17, 15) is 0 Å². The zero-order chi connectivity index (χ0) is 11.5. The molecule has 1 heterocycles. The first-order valence-corrected chi connectivity index (χ1v) is 6.73. The second-order valence-corrected chi connectivity index (χ2v) is 5.96. The van der Waals surface area contributed by atoms with E-state index >= 15 is 0 Å². The number of piperidine rings is 1. The first-order chi connectivity index (χ1) is 7.68. The summed E-state index contributed by atoms with van der Waals surface area (Å²) in [6.07, 6.45) is 15.8. The lowest BCUT2D eigenvalue weighted by atomic mass is 9.65. The van der Waals surface area contributed by atoms with Crippen LogP contribution in [0.3, 0.4) is 0 Å². The Morgan fingerprint density at radius 3 is 2.75 bits per heavy atom. The summed E-state index contributed by atoms with van der Waals surface area (Å²) in [4.78, 5) is 0. The zero-order valence-corrected chi connectivity index (χ0v) is 10.8. The fourth-order valence-electron chi connectivity index (χ4n) is 3.37. The smallest absolute Gasteiger partial charge is 0.000803 e. The quantitative estimate of drug-likeness (QED) is 0.763. The van der Waals surface area contributed by atoms with Crippen molar-refractivity contribution in [3.05, 3.63) is 24.3 Å². The third kappa shape index (κ3) is 2.57. The normalized spacial score (nSPS) is 38.9. The fourth-order valence-corrected chi connectivity index (χ4v) is 3.37. The van der Waals surface area contributed by atoms with Gasteiger partial charge in [-0.2, -0.15) is 0 Å². The van der Waals surface area contributed by atoms with Crippen molar-refractivity contribution in [3.8, 4) is 0 Å². The van der Waals surface area contributed by atoms with E-state index < -0.39 is 0 Å². The average Bonchev–Trinajstić information content (AvgIpc) is 2.30. The number of rotatable bonds is 3. The lowest BCUT2D eigenvalue weighted by Crippen LogP contribution is -2.42. The molecule has 1 nitrogen and oxygen atoms in total. The molecule has 0 aromatic rings. The maximum Gasteiger partial charge on any atom is 0.000803 e. The van der Waals surface area contributed by atoms with Crippen LogP contribution in [0.4, 0.5) is 0 Å². The summed E-state index contributed by atoms with van der Waals surface area (Å²) in [5.74, 6) is 0. The summed E-state index contributed by atoms with van der Waals surface area (Å²) in [5.41, 5.74) is 0.937. The van der Waals surface area contributed by atoms with E-state index in [2.05, 4.69) is 43.5 Å². The van der Waals surface area contributed by atoms with Crippen molar-refractivity contribution < 1.29 is 0 Å². The lowest BCUT2D eigenvalue weighted by molar-refractivity contribution is 0.128. The Morgan fingerprint density at radius 2 is 2.19 bits per heavy atom. The summed E-state index contributed by atoms with van der Waals surface area (Å²) in [6, 6.07) is 0. The Morgan fingerprint density at radius 1 is 1.31 bits per heavy atom. The highest BCUT2D eigenvalue weighted by Crippen LogP contribution is 2.44. The Labute approximate surface area is 100 Å². The Bertz CT molecular complexity index is 284. The summed E-state index contributed by atoms with van der Waals surface area (Å²) in [5, 5.41) is 3.59. The molecule has 1 fully saturated rings. The van der Waals surface area contributed by atoms with Crippen LogP contribution < -0.4 is 5.32 Å². The maximum absolute atomic E-state index is 3.59. The molecule has 0 spiro atoms. The van der Waals surface area contributed by atoms with Gasteiger partial charge in [0.25, 0.3) is 0 Å². The number of allylic oxidation sites excluding steroid dienone is 4. The van der Waals surface area contributed by atoms with Crippen LogP contribution in [0.1, 0.15) is 46.0 Å². The zero-order valence-electron chi connectivity index (χ0n) is 10.8. The molecule has 2 atom stereocenters. The van der Waals surface area contributed by atoms with Crippen LogP contribution in [0, 0.1) is 10.8 Å². The first kappa shape index (κ1) is 11.9. The summed E-state index contributed by atoms with van der Waals surface area (Å²) >= 11 is 0. The Balaban J connectivity index is 2.05. The molecule has 0 radical (unpaired) electrons. The molecule has 16 heavy (non-hydrogen) atoms. The van der Waals surface area contributed by atoms with Gasteiger partial charge in [-0.15, -0.1) is 0 Å². The highest BCUT2D eigenvalue weighted by atomic mass is 14.9. The Hall–Kier alpha value is -0.560. The van der Waals surface area contributed by atoms with Crippen LogP contribution in [-0.2, 0) is 0 Å². The van der Waals surface area contributed by atoms with E-state index in [0.29, 0.717) is 10.8 Å². The van der Waals surface area contributed by atoms with Gasteiger partial charge in [0.1, 0.15) is 0 Å². The largest absolute Gasteiger partial charge is 0.316 e. The monoisotopic (exact) mass is 219 g/mol. The molecule has 90 valence electrons. The number of hydrogen-bond acceptors (Lipinski definition) is 1. The van der Waals surface area contributed by atoms with Crippen LogP contribution in [0.5, 0.6) is 0 Å². The van der Waals surface area contributed by atoms with Gasteiger partial charge >= 0.3 is 0 Å². The molecule has 0 saturated carbocycles. The van der Waals surface area contributed by atoms with Crippen molar-refractivity contribution in [1.82, 2.24) is 5.32 Å². The molecule has 0 amide bonds. The number of nitrogens with one attached hydrogen (secondary N) is 1. The maximum atomic E-state index is 3.59. The van der Waals surface area contributed by atoms with Crippen molar-refractivity contribution in [1.29, 1.82) is 0 Å². The van der Waals surface area contributed by atoms with E-state index in [4.69, 9.17) is 0 Å². The molecular weight excluding hydrogens is 194 g/mol. The van der Waals surface area contributed by atoms with Gasteiger partial charge in [-0.05, 0) is 49.5 Å². The predicted molar refractivity (Wildman–Crippen MR) is 70.4 cm³/mol. The highest BCUT2D eigenvalue weighted by molar-refractivity contribution is 5.16. The second-order valence-electron chi connectivity index (χ2n) is 5.96. The van der Waals surface area contributed by atoms with Gasteiger partial charge in [0.2, 0.25) is 0 Å². The van der Waals surface area contributed by atoms with Crippen molar-refractivity contribution in [2.45, 2.75) is 46.0 Å². The van der Waals surface area contributed by atoms with E-state index in [1.807, 2.05) is 0 Å². The van der Waals surface area contributed by atoms with Crippen molar-refractivity contribution >= 4 is 0 Å². The second kappa shape index (κ2) is 4.75. The van der Waals surface area contributed by atoms with Gasteiger partial charge in [0, 0.05) is 6.54 Å². The van der Waals surface area contributed by atoms with Crippen LogP contribution in [0.2, 0.25) is 0 Å². The van der Waals surface area contributed by atoms with Gasteiger partial charge in [-0.3, -0.25) is 0 Å². The third-order valence-electron chi connectivity index (χ3n) is 4.42. The molecule has 2 unspecified atom stereocenters. The molecule has 0 bridgehead atoms. The van der Waals surface area contributed by atoms with Gasteiger partial charge in [0.15, 0.2) is 0 Å². The SMILES string of the molecule is CCC1(CC2(C)C=CC=CC2)CCCNC1. The molecule has 1 aliphatic carbocycles. The Kier molecular flexibility index (Phi) is 3.53. The summed E-state index contributed by atoms with van der Waals surface area (Å²) in [7, 11) is 0. The lowest BCUT2D eigenvalue weighted by Gasteiger charge is -2.43. The molecule has 1 heteroatoms. The van der Waals surface area contributed by atoms with Crippen molar-refractivity contribution in [3.63, 3.8) is 0 Å². The van der Waals surface area contributed by atoms with E-state index in [1.165, 1.54) is 45.2 Å². The van der Waals surface area contributed by atoms with Gasteiger partial charge in [-0.1, -0.05) is 38.2 Å². The molecule has 1 aliphatic heterocycles. The average molecular weight is 219 g/mol. The molecule has 0 aromatic heterocycles. The predicted octanol–water partition coefficient (Wildman–Crippen LogP) is 3.68. The molecular formula is C15H25N. The minimum Gasteiger partial charge on any atom is -0.316 e. The molecule has 2 rings (SSSR count). The third-order valence-corrected chi connectivity index (χ3v) is 4.42. The van der Waals surface area contributed by atoms with Crippen LogP contribution in [0.15, 0.2) is 24.3 Å². The molecule has 1 N–H and O–H groups in total. The topological polar surface area (TPSA) is 12.0 Å². The fraction of sp³-hybridized carbons (Fsp3) is 0.733. The first-order valence-electron chi connectivity index (χ1n) is 6.73. The van der Waals surface area contributed by atoms with Gasteiger partial charge in [-0.25, -0.2) is 0 Å². The number of hydrogen-bond donors (Lipinski definition) is 1. The van der Waals surface area contributed by atoms with Crippen LogP contribution in [0.25, 0.3) is 0 Å². The summed E-state index contributed by atoms with van der Waals surface area (Å²) < 4.78 is 0. The molecule has 1 saturated heterocycles. The van der Waals surface area contributed by atoms with Gasteiger partial charge in [0.05, 0.1) is 0 Å². The van der Waals surface area contributed by atoms with E-state index in [0.717, 1.165) is 0 Å².